The van der Waals surface area contributed by atoms with Gasteiger partial charge >= 0.3 is 12.3 Å². The number of carbonyl (C=O) groups is 2. The molecule has 278 valence electrons. The first-order valence-electron chi connectivity index (χ1n) is 17.2. The van der Waals surface area contributed by atoms with Gasteiger partial charge in [0.15, 0.2) is 5.67 Å². The van der Waals surface area contributed by atoms with Crippen molar-refractivity contribution < 1.29 is 31.9 Å². The summed E-state index contributed by atoms with van der Waals surface area (Å²) < 4.78 is 51.7. The molecule has 4 fully saturated rings. The van der Waals surface area contributed by atoms with Gasteiger partial charge in [0.2, 0.25) is 6.29 Å². The molecule has 2 aromatic carbocycles. The van der Waals surface area contributed by atoms with E-state index in [-0.39, 0.29) is 34.7 Å². The number of nitrogens with two attached hydrogens (primary N) is 1. The van der Waals surface area contributed by atoms with Gasteiger partial charge in [-0.3, -0.25) is 14.4 Å². The third-order valence-corrected chi connectivity index (χ3v) is 10.5. The molecule has 4 saturated carbocycles. The fourth-order valence-corrected chi connectivity index (χ4v) is 8.62. The van der Waals surface area contributed by atoms with Crippen molar-refractivity contribution in [3.63, 3.8) is 0 Å². The molecule has 0 saturated heterocycles. The van der Waals surface area contributed by atoms with Crippen LogP contribution >= 0.6 is 0 Å². The third-order valence-electron chi connectivity index (χ3n) is 10.5. The minimum atomic E-state index is -4.64. The topological polar surface area (TPSA) is 173 Å². The van der Waals surface area contributed by atoms with Crippen LogP contribution in [0.2, 0.25) is 0 Å². The molecule has 0 unspecified atom stereocenters. The smallest absolute Gasteiger partial charge is 0.444 e. The first kappa shape index (κ1) is 37.1. The highest BCUT2D eigenvalue weighted by atomic mass is 19.4. The van der Waals surface area contributed by atoms with E-state index in [0.29, 0.717) is 46.0 Å². The SMILES string of the molecule is CC(C)(C)OC(=O)NC1CC2(C1)CC(c1n[nH]c(=O)c3ccccc13)C2.NC1CC2(C1)CC(F)(c1n[nH]c(=O)c3ccccc13)C2.O=CC(F)(F)F. The van der Waals surface area contributed by atoms with Gasteiger partial charge in [0, 0.05) is 28.8 Å². The van der Waals surface area contributed by atoms with Crippen LogP contribution < -0.4 is 22.2 Å². The summed E-state index contributed by atoms with van der Waals surface area (Å²) in [5.74, 6) is 0.374. The molecule has 4 aliphatic carbocycles. The Balaban J connectivity index is 0.000000158. The van der Waals surface area contributed by atoms with Crippen LogP contribution in [0, 0.1) is 10.8 Å². The summed E-state index contributed by atoms with van der Waals surface area (Å²) in [5, 5.41) is 19.1. The van der Waals surface area contributed by atoms with E-state index in [2.05, 4.69) is 25.7 Å². The van der Waals surface area contributed by atoms with Crippen LogP contribution in [0.1, 0.15) is 89.4 Å². The molecular formula is C37H42F4N6O5. The number of alkyl halides is 4. The minimum absolute atomic E-state index is 0.0765. The number of fused-ring (bicyclic) bond motifs is 2. The second kappa shape index (κ2) is 13.4. The van der Waals surface area contributed by atoms with Crippen molar-refractivity contribution in [3.05, 3.63) is 80.6 Å². The standard InChI is InChI=1S/C20H25N3O3.C15H16FN3O.C2HF3O/c1-19(2,3)26-18(25)21-13-10-20(11-13)8-12(9-20)16-14-6-4-5-7-15(14)17(24)23-22-16;16-15(7-14(8-15)5-9(17)6-14)12-10-3-1-2-4-11(10)13(20)19-18-12;3-2(4,5)1-6/h4-7,12-13H,8-11H2,1-3H3,(H,21,25)(H,23,24);1-4,9H,5-8,17H2,(H,19,20);1H. The number of ether oxygens (including phenoxy) is 1. The number of rotatable bonds is 3. The number of carbonyl (C=O) groups excluding carboxylic acids is 2. The number of benzene rings is 2. The van der Waals surface area contributed by atoms with Crippen LogP contribution in [0.4, 0.5) is 22.4 Å². The van der Waals surface area contributed by atoms with Crippen LogP contribution in [0.3, 0.4) is 0 Å². The van der Waals surface area contributed by atoms with Crippen molar-refractivity contribution in [2.45, 2.75) is 108 Å². The van der Waals surface area contributed by atoms with Crippen LogP contribution in [0.25, 0.3) is 21.5 Å². The number of H-pyrrole nitrogens is 2. The fraction of sp³-hybridized carbons (Fsp3) is 0.514. The molecule has 4 aliphatic rings. The Morgan fingerprint density at radius 1 is 0.846 bits per heavy atom. The molecule has 1 amide bonds. The summed E-state index contributed by atoms with van der Waals surface area (Å²) >= 11 is 0. The molecular weight excluding hydrogens is 684 g/mol. The highest BCUT2D eigenvalue weighted by molar-refractivity contribution is 5.85. The maximum absolute atomic E-state index is 15.1. The quantitative estimate of drug-likeness (QED) is 0.143. The maximum atomic E-state index is 15.1. The molecule has 4 aromatic rings. The monoisotopic (exact) mass is 726 g/mol. The van der Waals surface area contributed by atoms with Crippen molar-refractivity contribution >= 4 is 33.9 Å². The van der Waals surface area contributed by atoms with Crippen molar-refractivity contribution in [3.8, 4) is 0 Å². The maximum Gasteiger partial charge on any atom is 0.446 e. The van der Waals surface area contributed by atoms with Crippen molar-refractivity contribution in [1.29, 1.82) is 0 Å². The molecule has 11 nitrogen and oxygen atoms in total. The summed E-state index contributed by atoms with van der Waals surface area (Å²) in [5.41, 5.74) is 5.27. The number of halogens is 4. The average molecular weight is 727 g/mol. The molecule has 0 radical (unpaired) electrons. The Kier molecular flexibility index (Phi) is 9.56. The van der Waals surface area contributed by atoms with Crippen LogP contribution in [0.5, 0.6) is 0 Å². The lowest BCUT2D eigenvalue weighted by molar-refractivity contribution is -0.156. The van der Waals surface area contributed by atoms with Gasteiger partial charge in [0.1, 0.15) is 11.3 Å². The fourth-order valence-electron chi connectivity index (χ4n) is 8.62. The number of hydrogen-bond acceptors (Lipinski definition) is 8. The van der Waals surface area contributed by atoms with Gasteiger partial charge in [-0.2, -0.15) is 23.4 Å². The Morgan fingerprint density at radius 2 is 1.35 bits per heavy atom. The number of amides is 1. The Bertz CT molecular complexity index is 2080. The second-order valence-corrected chi connectivity index (χ2v) is 15.9. The van der Waals surface area contributed by atoms with E-state index in [1.165, 1.54) is 0 Å². The van der Waals surface area contributed by atoms with E-state index in [0.717, 1.165) is 49.6 Å². The Morgan fingerprint density at radius 3 is 1.87 bits per heavy atom. The number of aldehydes is 1. The second-order valence-electron chi connectivity index (χ2n) is 15.9. The van der Waals surface area contributed by atoms with Gasteiger partial charge in [-0.15, -0.1) is 0 Å². The predicted octanol–water partition coefficient (Wildman–Crippen LogP) is 6.21. The van der Waals surface area contributed by atoms with Crippen LogP contribution in [-0.4, -0.2) is 56.6 Å². The number of hydrogen-bond donors (Lipinski definition) is 4. The van der Waals surface area contributed by atoms with Gasteiger partial charge in [0.25, 0.3) is 11.1 Å². The van der Waals surface area contributed by atoms with Crippen LogP contribution in [0.15, 0.2) is 58.1 Å². The van der Waals surface area contributed by atoms with Gasteiger partial charge in [-0.25, -0.2) is 19.4 Å². The molecule has 0 aliphatic heterocycles. The zero-order valence-electron chi connectivity index (χ0n) is 29.1. The van der Waals surface area contributed by atoms with Gasteiger partial charge in [0.05, 0.1) is 16.5 Å². The van der Waals surface area contributed by atoms with E-state index in [4.69, 9.17) is 15.3 Å². The highest BCUT2D eigenvalue weighted by Crippen LogP contribution is 2.65. The zero-order chi connectivity index (χ0) is 37.7. The van der Waals surface area contributed by atoms with Crippen LogP contribution in [-0.2, 0) is 15.2 Å². The Labute approximate surface area is 296 Å². The number of aromatic nitrogens is 4. The minimum Gasteiger partial charge on any atom is -0.444 e. The molecule has 2 heterocycles. The van der Waals surface area contributed by atoms with Crippen molar-refractivity contribution in [2.24, 2.45) is 16.6 Å². The van der Waals surface area contributed by atoms with Gasteiger partial charge in [-0.1, -0.05) is 36.4 Å². The third kappa shape index (κ3) is 7.74. The predicted molar refractivity (Wildman–Crippen MR) is 185 cm³/mol. The summed E-state index contributed by atoms with van der Waals surface area (Å²) in [6.45, 7) is 5.60. The van der Waals surface area contributed by atoms with E-state index in [9.17, 15) is 27.6 Å². The molecule has 8 rings (SSSR count). The Hall–Kier alpha value is -4.66. The molecule has 0 bridgehead atoms. The lowest BCUT2D eigenvalue weighted by Gasteiger charge is -2.59. The first-order chi connectivity index (χ1) is 24.3. The summed E-state index contributed by atoms with van der Waals surface area (Å²) in [6.07, 6.45) is 0.806. The molecule has 0 atom stereocenters. The molecule has 2 aromatic heterocycles. The summed E-state index contributed by atoms with van der Waals surface area (Å²) in [6, 6.07) is 15.1. The normalized spacial score (nSPS) is 28.9. The molecule has 15 heteroatoms. The lowest BCUT2D eigenvalue weighted by Crippen LogP contribution is -2.58. The van der Waals surface area contributed by atoms with E-state index < -0.39 is 23.7 Å². The van der Waals surface area contributed by atoms with E-state index in [1.54, 1.807) is 18.2 Å². The lowest BCUT2D eigenvalue weighted by atomic mass is 9.48. The number of nitrogens with one attached hydrogen (secondary N) is 3. The highest BCUT2D eigenvalue weighted by Gasteiger charge is 2.62. The van der Waals surface area contributed by atoms with E-state index in [1.807, 2.05) is 51.1 Å². The average Bonchev–Trinajstić information content (AvgIpc) is 3.00. The van der Waals surface area contributed by atoms with E-state index >= 15 is 4.39 Å². The molecule has 2 spiro atoms. The number of alkyl carbamates (subject to hydrolysis) is 1. The van der Waals surface area contributed by atoms with Gasteiger partial charge < -0.3 is 15.8 Å². The molecule has 52 heavy (non-hydrogen) atoms. The largest absolute Gasteiger partial charge is 0.446 e. The van der Waals surface area contributed by atoms with Crippen molar-refractivity contribution in [2.75, 3.05) is 0 Å². The first-order valence-corrected chi connectivity index (χ1v) is 17.2. The van der Waals surface area contributed by atoms with Gasteiger partial charge in [-0.05, 0) is 95.1 Å². The summed E-state index contributed by atoms with van der Waals surface area (Å²) in [7, 11) is 0. The number of aromatic amines is 2. The van der Waals surface area contributed by atoms with Crippen molar-refractivity contribution in [1.82, 2.24) is 25.7 Å². The zero-order valence-corrected chi connectivity index (χ0v) is 29.1. The number of nitrogens with zero attached hydrogens (tertiary/aromatic N) is 2. The molecule has 5 N–H and O–H groups in total. The summed E-state index contributed by atoms with van der Waals surface area (Å²) in [4.78, 5) is 44.2.